The van der Waals surface area contributed by atoms with E-state index in [1.165, 1.54) is 22.9 Å². The average Bonchev–Trinajstić information content (AvgIpc) is 2.83. The summed E-state index contributed by atoms with van der Waals surface area (Å²) in [6.45, 7) is 0. The van der Waals surface area contributed by atoms with Gasteiger partial charge in [-0.1, -0.05) is 97.1 Å². The maximum Gasteiger partial charge on any atom is 0.416 e. The van der Waals surface area contributed by atoms with E-state index in [0.29, 0.717) is 5.56 Å². The lowest BCUT2D eigenvalue weighted by Gasteiger charge is -2.10. The fourth-order valence-electron chi connectivity index (χ4n) is 3.95. The summed E-state index contributed by atoms with van der Waals surface area (Å²) in [5.41, 5.74) is 5.06. The molecular formula is C29H19F3. The zero-order chi connectivity index (χ0) is 22.1. The van der Waals surface area contributed by atoms with Crippen LogP contribution in [0.4, 0.5) is 13.2 Å². The molecule has 3 heteroatoms. The molecule has 0 spiro atoms. The van der Waals surface area contributed by atoms with Gasteiger partial charge in [-0.2, -0.15) is 13.2 Å². The summed E-state index contributed by atoms with van der Waals surface area (Å²) in [5.74, 6) is 0. The van der Waals surface area contributed by atoms with Gasteiger partial charge in [0.1, 0.15) is 0 Å². The maximum atomic E-state index is 13.0. The van der Waals surface area contributed by atoms with Gasteiger partial charge in [0.05, 0.1) is 5.56 Å². The number of hydrogen-bond donors (Lipinski definition) is 0. The predicted octanol–water partition coefficient (Wildman–Crippen LogP) is 8.86. The molecule has 0 saturated carbocycles. The Balaban J connectivity index is 1.40. The molecule has 0 heterocycles. The van der Waals surface area contributed by atoms with Crippen molar-refractivity contribution in [2.45, 2.75) is 6.18 Å². The smallest absolute Gasteiger partial charge is 0.166 e. The van der Waals surface area contributed by atoms with Crippen molar-refractivity contribution in [3.63, 3.8) is 0 Å². The van der Waals surface area contributed by atoms with Crippen LogP contribution < -0.4 is 0 Å². The zero-order valence-electron chi connectivity index (χ0n) is 17.1. The highest BCUT2D eigenvalue weighted by molar-refractivity contribution is 5.87. The second-order valence-electron chi connectivity index (χ2n) is 7.80. The highest BCUT2D eigenvalue weighted by Gasteiger charge is 2.30. The first-order valence-electron chi connectivity index (χ1n) is 10.3. The molecule has 5 aromatic carbocycles. The molecule has 156 valence electrons. The van der Waals surface area contributed by atoms with Crippen LogP contribution in [0.5, 0.6) is 0 Å². The van der Waals surface area contributed by atoms with Crippen molar-refractivity contribution in [2.75, 3.05) is 0 Å². The van der Waals surface area contributed by atoms with Gasteiger partial charge in [0.2, 0.25) is 0 Å². The van der Waals surface area contributed by atoms with Crippen molar-refractivity contribution < 1.29 is 13.2 Å². The van der Waals surface area contributed by atoms with E-state index in [1.54, 1.807) is 6.07 Å². The highest BCUT2D eigenvalue weighted by atomic mass is 19.4. The first-order chi connectivity index (χ1) is 15.5. The van der Waals surface area contributed by atoms with E-state index in [9.17, 15) is 13.2 Å². The Hall–Kier alpha value is -3.85. The Labute approximate surface area is 184 Å². The average molecular weight is 424 g/mol. The molecule has 0 atom stereocenters. The fourth-order valence-corrected chi connectivity index (χ4v) is 3.95. The van der Waals surface area contributed by atoms with E-state index in [-0.39, 0.29) is 0 Å². The van der Waals surface area contributed by atoms with Gasteiger partial charge in [-0.3, -0.25) is 0 Å². The SMILES string of the molecule is FC(F)(F)c1cccc(-c2ccc(-c3ccc(-c4ccc5ccccc5c4)cc3)cc2)c1. The Morgan fingerprint density at radius 1 is 0.375 bits per heavy atom. The summed E-state index contributed by atoms with van der Waals surface area (Å²) >= 11 is 0. The molecule has 32 heavy (non-hydrogen) atoms. The minimum atomic E-state index is -4.34. The van der Waals surface area contributed by atoms with Gasteiger partial charge in [0.15, 0.2) is 0 Å². The molecule has 0 fully saturated rings. The Kier molecular flexibility index (Phi) is 5.02. The quantitative estimate of drug-likeness (QED) is 0.271. The summed E-state index contributed by atoms with van der Waals surface area (Å²) in [5, 5.41) is 2.42. The molecule has 5 aromatic rings. The molecule has 0 aliphatic rings. The first kappa shape index (κ1) is 20.1. The van der Waals surface area contributed by atoms with Gasteiger partial charge >= 0.3 is 6.18 Å². The number of rotatable bonds is 3. The van der Waals surface area contributed by atoms with Crippen LogP contribution in [0.25, 0.3) is 44.2 Å². The van der Waals surface area contributed by atoms with Crippen molar-refractivity contribution in [1.29, 1.82) is 0 Å². The number of halogens is 3. The van der Waals surface area contributed by atoms with Gasteiger partial charge < -0.3 is 0 Å². The van der Waals surface area contributed by atoms with E-state index in [0.717, 1.165) is 33.9 Å². The molecule has 0 aromatic heterocycles. The van der Waals surface area contributed by atoms with Crippen LogP contribution in [0.2, 0.25) is 0 Å². The number of benzene rings is 5. The number of fused-ring (bicyclic) bond motifs is 1. The molecule has 0 aliphatic carbocycles. The van der Waals surface area contributed by atoms with Crippen molar-refractivity contribution in [3.05, 3.63) is 121 Å². The Bertz CT molecular complexity index is 1380. The van der Waals surface area contributed by atoms with Crippen LogP contribution in [-0.4, -0.2) is 0 Å². The lowest BCUT2D eigenvalue weighted by molar-refractivity contribution is -0.137. The minimum Gasteiger partial charge on any atom is -0.166 e. The lowest BCUT2D eigenvalue weighted by atomic mass is 9.96. The zero-order valence-corrected chi connectivity index (χ0v) is 17.1. The molecule has 5 rings (SSSR count). The van der Waals surface area contributed by atoms with Gasteiger partial charge in [-0.25, -0.2) is 0 Å². The van der Waals surface area contributed by atoms with E-state index in [1.807, 2.05) is 36.4 Å². The van der Waals surface area contributed by atoms with Crippen molar-refractivity contribution >= 4 is 10.8 Å². The van der Waals surface area contributed by atoms with Gasteiger partial charge in [0, 0.05) is 0 Å². The second kappa shape index (κ2) is 8.01. The first-order valence-corrected chi connectivity index (χ1v) is 10.3. The normalized spacial score (nSPS) is 11.6. The van der Waals surface area contributed by atoms with E-state index >= 15 is 0 Å². The Morgan fingerprint density at radius 3 is 1.41 bits per heavy atom. The summed E-state index contributed by atoms with van der Waals surface area (Å²) in [7, 11) is 0. The number of hydrogen-bond acceptors (Lipinski definition) is 0. The third-order valence-electron chi connectivity index (χ3n) is 5.71. The van der Waals surface area contributed by atoms with Gasteiger partial charge in [0.25, 0.3) is 0 Å². The number of alkyl halides is 3. The third-order valence-corrected chi connectivity index (χ3v) is 5.71. The molecule has 0 radical (unpaired) electrons. The summed E-state index contributed by atoms with van der Waals surface area (Å²) < 4.78 is 39.0. The largest absolute Gasteiger partial charge is 0.416 e. The molecular weight excluding hydrogens is 405 g/mol. The standard InChI is InChI=1S/C29H19F3/c30-29(31,32)28-7-3-6-26(19-28)23-12-8-21(9-13-23)22-10-14-24(15-11-22)27-17-16-20-4-1-2-5-25(20)18-27/h1-19H. The van der Waals surface area contributed by atoms with Crippen LogP contribution in [0.15, 0.2) is 115 Å². The van der Waals surface area contributed by atoms with Crippen molar-refractivity contribution in [2.24, 2.45) is 0 Å². The fraction of sp³-hybridized carbons (Fsp3) is 0.0345. The summed E-state index contributed by atoms with van der Waals surface area (Å²) in [4.78, 5) is 0. The van der Waals surface area contributed by atoms with Crippen LogP contribution >= 0.6 is 0 Å². The van der Waals surface area contributed by atoms with E-state index in [2.05, 4.69) is 54.6 Å². The van der Waals surface area contributed by atoms with Crippen LogP contribution in [0.1, 0.15) is 5.56 Å². The highest BCUT2D eigenvalue weighted by Crippen LogP contribution is 2.33. The van der Waals surface area contributed by atoms with Crippen molar-refractivity contribution in [1.82, 2.24) is 0 Å². The third kappa shape index (κ3) is 4.02. The molecule has 0 nitrogen and oxygen atoms in total. The lowest BCUT2D eigenvalue weighted by Crippen LogP contribution is -2.04. The van der Waals surface area contributed by atoms with E-state index in [4.69, 9.17) is 0 Å². The second-order valence-corrected chi connectivity index (χ2v) is 7.80. The predicted molar refractivity (Wildman–Crippen MR) is 125 cm³/mol. The minimum absolute atomic E-state index is 0.554. The van der Waals surface area contributed by atoms with Gasteiger partial charge in [-0.05, 0) is 62.4 Å². The molecule has 0 bridgehead atoms. The molecule has 0 saturated heterocycles. The summed E-state index contributed by atoms with van der Waals surface area (Å²) in [6, 6.07) is 36.1. The Morgan fingerprint density at radius 2 is 0.844 bits per heavy atom. The molecule has 0 unspecified atom stereocenters. The van der Waals surface area contributed by atoms with Crippen LogP contribution in [-0.2, 0) is 6.18 Å². The maximum absolute atomic E-state index is 13.0. The van der Waals surface area contributed by atoms with Crippen LogP contribution in [0, 0.1) is 0 Å². The molecule has 0 aliphatic heterocycles. The molecule has 0 amide bonds. The monoisotopic (exact) mass is 424 g/mol. The van der Waals surface area contributed by atoms with Crippen molar-refractivity contribution in [3.8, 4) is 33.4 Å². The van der Waals surface area contributed by atoms with Crippen LogP contribution in [0.3, 0.4) is 0 Å². The molecule has 0 N–H and O–H groups in total. The topological polar surface area (TPSA) is 0 Å². The summed E-state index contributed by atoms with van der Waals surface area (Å²) in [6.07, 6.45) is -4.34. The van der Waals surface area contributed by atoms with Gasteiger partial charge in [-0.15, -0.1) is 0 Å². The van der Waals surface area contributed by atoms with E-state index < -0.39 is 11.7 Å².